The molecule has 0 unspecified atom stereocenters. The molecule has 0 aliphatic rings. The molecule has 1 aromatic carbocycles. The topological polar surface area (TPSA) is 98.9 Å². The highest BCUT2D eigenvalue weighted by Crippen LogP contribution is 2.30. The predicted octanol–water partition coefficient (Wildman–Crippen LogP) is 0.734. The van der Waals surface area contributed by atoms with Crippen LogP contribution in [0.5, 0.6) is 5.75 Å². The van der Waals surface area contributed by atoms with Crippen molar-refractivity contribution >= 4 is 11.7 Å². The summed E-state index contributed by atoms with van der Waals surface area (Å²) >= 11 is 0. The van der Waals surface area contributed by atoms with Crippen molar-refractivity contribution in [3.63, 3.8) is 0 Å². The molecule has 0 aliphatic carbocycles. The lowest BCUT2D eigenvalue weighted by atomic mass is 10.1. The number of hydrogen-bond donors (Lipinski definition) is 1. The van der Waals surface area contributed by atoms with Gasteiger partial charge in [-0.15, -0.1) is 0 Å². The van der Waals surface area contributed by atoms with Crippen molar-refractivity contribution in [3.8, 4) is 17.6 Å². The summed E-state index contributed by atoms with van der Waals surface area (Å²) in [5.74, 6) is 4.09. The van der Waals surface area contributed by atoms with Crippen molar-refractivity contribution < 1.29 is 24.3 Å². The fourth-order valence-electron chi connectivity index (χ4n) is 1.39. The van der Waals surface area contributed by atoms with Crippen LogP contribution in [0.2, 0.25) is 0 Å². The summed E-state index contributed by atoms with van der Waals surface area (Å²) in [6.45, 7) is -0.403. The quantitative estimate of drug-likeness (QED) is 0.374. The highest BCUT2D eigenvalue weighted by molar-refractivity contribution is 5.93. The molecule has 1 rings (SSSR count). The summed E-state index contributed by atoms with van der Waals surface area (Å²) in [5, 5.41) is 19.5. The molecule has 0 aliphatic heterocycles. The van der Waals surface area contributed by atoms with Crippen molar-refractivity contribution in [2.45, 2.75) is 0 Å². The Morgan fingerprint density at radius 1 is 1.47 bits per heavy atom. The van der Waals surface area contributed by atoms with Crippen molar-refractivity contribution in [2.75, 3.05) is 20.8 Å². The van der Waals surface area contributed by atoms with E-state index in [1.54, 1.807) is 0 Å². The molecule has 0 amide bonds. The first kappa shape index (κ1) is 14.5. The molecule has 1 N–H and O–H groups in total. The molecule has 1 aromatic rings. The van der Waals surface area contributed by atoms with E-state index in [2.05, 4.69) is 16.6 Å². The summed E-state index contributed by atoms with van der Waals surface area (Å²) in [7, 11) is 2.42. The summed E-state index contributed by atoms with van der Waals surface area (Å²) in [6, 6.07) is 2.29. The van der Waals surface area contributed by atoms with Gasteiger partial charge in [0.15, 0.2) is 5.75 Å². The molecular formula is C12H11NO6. The highest BCUT2D eigenvalue weighted by Gasteiger charge is 2.22. The third-order valence-electron chi connectivity index (χ3n) is 2.22. The molecule has 0 saturated heterocycles. The molecule has 19 heavy (non-hydrogen) atoms. The van der Waals surface area contributed by atoms with E-state index in [0.717, 1.165) is 13.2 Å². The molecule has 100 valence electrons. The first-order chi connectivity index (χ1) is 9.04. The van der Waals surface area contributed by atoms with Crippen LogP contribution in [-0.4, -0.2) is 36.8 Å². The first-order valence-electron chi connectivity index (χ1n) is 5.09. The van der Waals surface area contributed by atoms with Crippen LogP contribution in [0.1, 0.15) is 15.9 Å². The Kier molecular flexibility index (Phi) is 4.85. The van der Waals surface area contributed by atoms with Crippen molar-refractivity contribution in [2.24, 2.45) is 0 Å². The Morgan fingerprint density at radius 2 is 2.16 bits per heavy atom. The second-order valence-corrected chi connectivity index (χ2v) is 3.28. The predicted molar refractivity (Wildman–Crippen MR) is 65.0 cm³/mol. The third-order valence-corrected chi connectivity index (χ3v) is 2.22. The molecule has 0 fully saturated rings. The SMILES string of the molecule is COC(=O)c1cc([N+](=O)[O-])c(OC)cc1C#CCO. The monoisotopic (exact) mass is 265 g/mol. The van der Waals surface area contributed by atoms with E-state index < -0.39 is 17.5 Å². The van der Waals surface area contributed by atoms with E-state index >= 15 is 0 Å². The van der Waals surface area contributed by atoms with E-state index in [-0.39, 0.29) is 22.6 Å². The van der Waals surface area contributed by atoms with Gasteiger partial charge in [-0.3, -0.25) is 10.1 Å². The second kappa shape index (κ2) is 6.37. The Hall–Kier alpha value is -2.59. The minimum atomic E-state index is -0.756. The lowest BCUT2D eigenvalue weighted by Crippen LogP contribution is -2.06. The van der Waals surface area contributed by atoms with Crippen LogP contribution >= 0.6 is 0 Å². The molecule has 0 bridgehead atoms. The number of aliphatic hydroxyl groups is 1. The van der Waals surface area contributed by atoms with Gasteiger partial charge in [-0.1, -0.05) is 11.8 Å². The minimum absolute atomic E-state index is 0.0279. The average Bonchev–Trinajstić information content (AvgIpc) is 2.42. The maximum atomic E-state index is 11.6. The molecule has 0 atom stereocenters. The summed E-state index contributed by atoms with van der Waals surface area (Å²) in [4.78, 5) is 21.8. The van der Waals surface area contributed by atoms with Gasteiger partial charge in [-0.05, 0) is 0 Å². The zero-order valence-corrected chi connectivity index (χ0v) is 10.3. The minimum Gasteiger partial charge on any atom is -0.490 e. The van der Waals surface area contributed by atoms with Crippen LogP contribution in [0, 0.1) is 22.0 Å². The van der Waals surface area contributed by atoms with Crippen molar-refractivity contribution in [3.05, 3.63) is 33.4 Å². The van der Waals surface area contributed by atoms with E-state index in [0.29, 0.717) is 0 Å². The maximum Gasteiger partial charge on any atom is 0.339 e. The Bertz CT molecular complexity index is 570. The van der Waals surface area contributed by atoms with Gasteiger partial charge in [0.1, 0.15) is 6.61 Å². The van der Waals surface area contributed by atoms with Crippen LogP contribution in [-0.2, 0) is 4.74 Å². The molecule has 0 heterocycles. The lowest BCUT2D eigenvalue weighted by Gasteiger charge is -2.06. The standard InChI is InChI=1S/C12H11NO6/c1-18-11-6-8(4-3-5-14)9(12(15)19-2)7-10(11)13(16)17/h6-7,14H,5H2,1-2H3. The van der Waals surface area contributed by atoms with Gasteiger partial charge >= 0.3 is 11.7 Å². The number of nitro groups is 1. The number of methoxy groups -OCH3 is 2. The molecule has 0 aromatic heterocycles. The number of rotatable bonds is 3. The number of nitrogens with zero attached hydrogens (tertiary/aromatic N) is 1. The van der Waals surface area contributed by atoms with Crippen LogP contribution in [0.25, 0.3) is 0 Å². The Morgan fingerprint density at radius 3 is 2.63 bits per heavy atom. The van der Waals surface area contributed by atoms with Gasteiger partial charge in [0, 0.05) is 17.7 Å². The summed E-state index contributed by atoms with van der Waals surface area (Å²) in [5.41, 5.74) is -0.239. The van der Waals surface area contributed by atoms with E-state index in [1.807, 2.05) is 0 Å². The normalized spacial score (nSPS) is 9.21. The number of ether oxygens (including phenoxy) is 2. The number of esters is 1. The smallest absolute Gasteiger partial charge is 0.339 e. The van der Waals surface area contributed by atoms with Gasteiger partial charge in [-0.2, -0.15) is 0 Å². The number of carbonyl (C=O) groups is 1. The van der Waals surface area contributed by atoms with E-state index in [9.17, 15) is 14.9 Å². The maximum absolute atomic E-state index is 11.6. The second-order valence-electron chi connectivity index (χ2n) is 3.28. The fraction of sp³-hybridized carbons (Fsp3) is 0.250. The van der Waals surface area contributed by atoms with Gasteiger partial charge < -0.3 is 14.6 Å². The third kappa shape index (κ3) is 3.20. The van der Waals surface area contributed by atoms with Crippen LogP contribution < -0.4 is 4.74 Å². The van der Waals surface area contributed by atoms with E-state index in [1.165, 1.54) is 13.2 Å². The Balaban J connectivity index is 3.52. The van der Waals surface area contributed by atoms with Crippen LogP contribution in [0.4, 0.5) is 5.69 Å². The highest BCUT2D eigenvalue weighted by atomic mass is 16.6. The zero-order valence-electron chi connectivity index (χ0n) is 10.3. The number of carbonyl (C=O) groups excluding carboxylic acids is 1. The molecule has 0 radical (unpaired) electrons. The lowest BCUT2D eigenvalue weighted by molar-refractivity contribution is -0.385. The van der Waals surface area contributed by atoms with Gasteiger partial charge in [0.2, 0.25) is 0 Å². The van der Waals surface area contributed by atoms with Crippen LogP contribution in [0.15, 0.2) is 12.1 Å². The van der Waals surface area contributed by atoms with Gasteiger partial charge in [0.05, 0.1) is 24.7 Å². The van der Waals surface area contributed by atoms with Crippen LogP contribution in [0.3, 0.4) is 0 Å². The van der Waals surface area contributed by atoms with Gasteiger partial charge in [-0.25, -0.2) is 4.79 Å². The largest absolute Gasteiger partial charge is 0.490 e. The average molecular weight is 265 g/mol. The molecule has 7 nitrogen and oxygen atoms in total. The molecular weight excluding hydrogens is 254 g/mol. The molecule has 0 saturated carbocycles. The zero-order chi connectivity index (χ0) is 14.4. The molecule has 0 spiro atoms. The fourth-order valence-corrected chi connectivity index (χ4v) is 1.39. The van der Waals surface area contributed by atoms with Crippen molar-refractivity contribution in [1.82, 2.24) is 0 Å². The number of nitro benzene ring substituents is 1. The van der Waals surface area contributed by atoms with Crippen molar-refractivity contribution in [1.29, 1.82) is 0 Å². The first-order valence-corrected chi connectivity index (χ1v) is 5.09. The molecule has 7 heteroatoms. The number of hydrogen-bond acceptors (Lipinski definition) is 6. The Labute approximate surface area is 108 Å². The summed E-state index contributed by atoms with van der Waals surface area (Å²) in [6.07, 6.45) is 0. The summed E-state index contributed by atoms with van der Waals surface area (Å²) < 4.78 is 9.40. The van der Waals surface area contributed by atoms with E-state index in [4.69, 9.17) is 9.84 Å². The number of benzene rings is 1. The number of aliphatic hydroxyl groups excluding tert-OH is 1. The van der Waals surface area contributed by atoms with Gasteiger partial charge in [0.25, 0.3) is 0 Å².